The number of halogens is 1. The lowest BCUT2D eigenvalue weighted by Crippen LogP contribution is -2.59. The molecule has 5 atom stereocenters. The third kappa shape index (κ3) is 9.06. The van der Waals surface area contributed by atoms with Gasteiger partial charge in [0.1, 0.15) is 29.3 Å². The minimum atomic E-state index is -4.16. The van der Waals surface area contributed by atoms with Crippen molar-refractivity contribution in [3.8, 4) is 0 Å². The number of hydrogen-bond donors (Lipinski definition) is 3. The summed E-state index contributed by atoms with van der Waals surface area (Å²) in [6, 6.07) is 3.20. The minimum absolute atomic E-state index is 0.0810. The Hall–Kier alpha value is -3.63. The molecule has 3 aliphatic heterocycles. The van der Waals surface area contributed by atoms with Gasteiger partial charge in [-0.15, -0.1) is 0 Å². The van der Waals surface area contributed by atoms with Crippen LogP contribution >= 0.6 is 11.6 Å². The van der Waals surface area contributed by atoms with E-state index < -0.39 is 69.4 Å². The van der Waals surface area contributed by atoms with E-state index in [-0.39, 0.29) is 44.8 Å². The summed E-state index contributed by atoms with van der Waals surface area (Å²) in [4.78, 5) is 71.1. The topological polar surface area (TPSA) is 184 Å². The van der Waals surface area contributed by atoms with Crippen molar-refractivity contribution in [2.75, 3.05) is 20.6 Å². The first-order chi connectivity index (χ1) is 23.9. The lowest BCUT2D eigenvalue weighted by atomic mass is 10.0. The first-order valence-electron chi connectivity index (χ1n) is 17.5. The van der Waals surface area contributed by atoms with Crippen molar-refractivity contribution in [3.05, 3.63) is 34.3 Å². The van der Waals surface area contributed by atoms with Gasteiger partial charge in [-0.3, -0.25) is 19.3 Å². The summed E-state index contributed by atoms with van der Waals surface area (Å²) in [7, 11) is -1.59. The van der Waals surface area contributed by atoms with Gasteiger partial charge >= 0.3 is 22.4 Å². The maximum absolute atomic E-state index is 14.3. The molecule has 0 unspecified atom stereocenters. The molecule has 1 saturated carbocycles. The molecule has 3 fully saturated rings. The highest BCUT2D eigenvalue weighted by molar-refractivity contribution is 7.87. The van der Waals surface area contributed by atoms with Gasteiger partial charge < -0.3 is 25.0 Å². The number of nitrogens with zero attached hydrogens (tertiary/aromatic N) is 3. The monoisotopic (exact) mass is 752 g/mol. The number of benzene rings is 1. The molecule has 2 saturated heterocycles. The number of nitrogens with one attached hydrogen (secondary N) is 3. The van der Waals surface area contributed by atoms with Crippen LogP contribution in [0.15, 0.2) is 18.2 Å². The van der Waals surface area contributed by atoms with Gasteiger partial charge in [0.25, 0.3) is 5.91 Å². The Balaban J connectivity index is 1.40. The summed E-state index contributed by atoms with van der Waals surface area (Å²) in [6.07, 6.45) is 2.54. The average Bonchev–Trinajstić information content (AvgIpc) is 3.33. The predicted octanol–water partition coefficient (Wildman–Crippen LogP) is 3.20. The number of amides is 5. The lowest BCUT2D eigenvalue weighted by Gasteiger charge is -2.30. The van der Waals surface area contributed by atoms with E-state index in [0.29, 0.717) is 17.9 Å². The highest BCUT2D eigenvalue weighted by Crippen LogP contribution is 2.48. The fraction of sp³-hybridized carbons (Fsp3) is 0.676. The van der Waals surface area contributed by atoms with E-state index in [1.165, 1.54) is 23.9 Å². The van der Waals surface area contributed by atoms with Crippen molar-refractivity contribution < 1.29 is 41.9 Å². The largest absolute Gasteiger partial charge is 0.444 e. The molecule has 1 aliphatic carbocycles. The number of carbonyl (C=O) groups is 5. The highest BCUT2D eigenvalue weighted by Gasteiger charge is 2.62. The molecule has 51 heavy (non-hydrogen) atoms. The molecule has 1 aromatic carbocycles. The summed E-state index contributed by atoms with van der Waals surface area (Å²) in [5.74, 6) is -2.41. The molecule has 1 aromatic rings. The van der Waals surface area contributed by atoms with Crippen LogP contribution < -0.4 is 15.4 Å². The van der Waals surface area contributed by atoms with Gasteiger partial charge in [0.15, 0.2) is 0 Å². The summed E-state index contributed by atoms with van der Waals surface area (Å²) in [6.45, 7) is 5.50. The molecule has 5 rings (SSSR count). The molecule has 3 heterocycles. The number of alkyl carbamates (subject to hydrolysis) is 1. The first-order valence-corrected chi connectivity index (χ1v) is 19.3. The van der Waals surface area contributed by atoms with E-state index in [0.717, 1.165) is 41.1 Å². The summed E-state index contributed by atoms with van der Waals surface area (Å²) in [5.41, 5.74) is -0.613. The van der Waals surface area contributed by atoms with Crippen molar-refractivity contribution in [1.29, 1.82) is 0 Å². The maximum Gasteiger partial charge on any atom is 0.410 e. The van der Waals surface area contributed by atoms with Crippen LogP contribution in [0.2, 0.25) is 5.02 Å². The zero-order valence-electron chi connectivity index (χ0n) is 29.8. The maximum atomic E-state index is 14.3. The number of carbonyl (C=O) groups excluding carboxylic acids is 5. The Kier molecular flexibility index (Phi) is 11.5. The van der Waals surface area contributed by atoms with Gasteiger partial charge in [0.05, 0.1) is 13.1 Å². The quantitative estimate of drug-likeness (QED) is 0.407. The second-order valence-corrected chi connectivity index (χ2v) is 17.4. The van der Waals surface area contributed by atoms with E-state index in [9.17, 15) is 32.4 Å². The number of rotatable bonds is 5. The summed E-state index contributed by atoms with van der Waals surface area (Å²) >= 11 is 6.35. The summed E-state index contributed by atoms with van der Waals surface area (Å²) in [5, 5.41) is 6.05. The number of fused-ring (bicyclic) bond motifs is 3. The van der Waals surface area contributed by atoms with Gasteiger partial charge in [-0.1, -0.05) is 55.8 Å². The van der Waals surface area contributed by atoms with Gasteiger partial charge in [-0.05, 0) is 63.1 Å². The van der Waals surface area contributed by atoms with E-state index >= 15 is 0 Å². The molecule has 4 aliphatic rings. The molecular formula is C34H49ClN6O9S. The van der Waals surface area contributed by atoms with Crippen LogP contribution in [0.3, 0.4) is 0 Å². The Morgan fingerprint density at radius 3 is 2.39 bits per heavy atom. The first kappa shape index (κ1) is 38.6. The smallest absolute Gasteiger partial charge is 0.410 e. The molecule has 3 N–H and O–H groups in total. The van der Waals surface area contributed by atoms with Crippen molar-refractivity contribution in [2.24, 2.45) is 5.92 Å². The third-order valence-corrected chi connectivity index (χ3v) is 11.7. The second-order valence-electron chi connectivity index (χ2n) is 15.1. The van der Waals surface area contributed by atoms with Gasteiger partial charge in [0, 0.05) is 32.1 Å². The van der Waals surface area contributed by atoms with Crippen LogP contribution in [0.5, 0.6) is 0 Å². The Bertz CT molecular complexity index is 1650. The van der Waals surface area contributed by atoms with Crippen molar-refractivity contribution in [3.63, 3.8) is 0 Å². The van der Waals surface area contributed by atoms with Gasteiger partial charge in [-0.25, -0.2) is 14.3 Å². The fourth-order valence-corrected chi connectivity index (χ4v) is 7.90. The van der Waals surface area contributed by atoms with Gasteiger partial charge in [-0.2, -0.15) is 12.7 Å². The molecular weight excluding hydrogens is 704 g/mol. The molecule has 282 valence electrons. The normalized spacial score (nSPS) is 27.3. The van der Waals surface area contributed by atoms with E-state index in [2.05, 4.69) is 15.4 Å². The Labute approximate surface area is 304 Å². The van der Waals surface area contributed by atoms with Crippen LogP contribution in [0.1, 0.15) is 89.7 Å². The SMILES string of the molecule is CN(C)S(=O)(=O)NC(=O)[C@@]12C[C@H]1CCCCCCC[C@H](NC(=O)OC(C)(C)C)C(=O)N1C[C@H](OC(=O)N3Cc4cccc(Cl)c4C3)C[C@H]1C(=O)N2. The second kappa shape index (κ2) is 15.2. The number of hydrogen-bond acceptors (Lipinski definition) is 9. The molecule has 0 radical (unpaired) electrons. The zero-order chi connectivity index (χ0) is 37.3. The number of ether oxygens (including phenoxy) is 2. The van der Waals surface area contributed by atoms with Gasteiger partial charge in [0.2, 0.25) is 11.8 Å². The predicted molar refractivity (Wildman–Crippen MR) is 186 cm³/mol. The zero-order valence-corrected chi connectivity index (χ0v) is 31.4. The molecule has 0 aromatic heterocycles. The Morgan fingerprint density at radius 2 is 1.73 bits per heavy atom. The van der Waals surface area contributed by atoms with E-state index in [1.807, 2.05) is 6.07 Å². The van der Waals surface area contributed by atoms with E-state index in [4.69, 9.17) is 21.1 Å². The summed E-state index contributed by atoms with van der Waals surface area (Å²) < 4.78 is 39.5. The standard InChI is InChI=1S/C34H49ClN6O9S/c1-33(2,3)50-31(45)36-26-15-10-8-6-7-9-13-22-17-34(22,30(44)38-51(47,48)39(4)5)37-28(42)27-16-23(19-41(27)29(26)43)49-32(46)40-18-21-12-11-14-25(35)24(21)20-40/h11-12,14,22-23,26-27H,6-10,13,15-20H2,1-5H3,(H,36,45)(H,37,42)(H,38,44)/t22-,23-,26+,27+,34-/m1/s1. The molecule has 17 heteroatoms. The molecule has 0 spiro atoms. The van der Waals surface area contributed by atoms with Crippen LogP contribution in [0, 0.1) is 5.92 Å². The van der Waals surface area contributed by atoms with Crippen LogP contribution in [0.4, 0.5) is 9.59 Å². The minimum Gasteiger partial charge on any atom is -0.444 e. The van der Waals surface area contributed by atoms with Crippen LogP contribution in [-0.2, 0) is 47.2 Å². The lowest BCUT2D eigenvalue weighted by molar-refractivity contribution is -0.141. The molecule has 5 amide bonds. The Morgan fingerprint density at radius 1 is 1.04 bits per heavy atom. The van der Waals surface area contributed by atoms with Crippen molar-refractivity contribution >= 4 is 51.7 Å². The highest BCUT2D eigenvalue weighted by atomic mass is 35.5. The third-order valence-electron chi connectivity index (χ3n) is 9.89. The molecule has 0 bridgehead atoms. The van der Waals surface area contributed by atoms with Crippen molar-refractivity contribution in [1.82, 2.24) is 29.5 Å². The van der Waals surface area contributed by atoms with Crippen molar-refractivity contribution in [2.45, 2.75) is 121 Å². The van der Waals surface area contributed by atoms with E-state index in [1.54, 1.807) is 32.9 Å². The average molecular weight is 753 g/mol. The van der Waals surface area contributed by atoms with Crippen LogP contribution in [0.25, 0.3) is 0 Å². The van der Waals surface area contributed by atoms with Crippen LogP contribution in [-0.4, -0.2) is 102 Å². The fourth-order valence-electron chi connectivity index (χ4n) is 7.05. The molecule has 15 nitrogen and oxygen atoms in total.